The van der Waals surface area contributed by atoms with E-state index in [0.717, 1.165) is 5.95 Å². The highest BCUT2D eigenvalue weighted by molar-refractivity contribution is 5.73. The minimum atomic E-state index is -0.174. The van der Waals surface area contributed by atoms with Crippen LogP contribution < -0.4 is 5.32 Å². The average molecular weight is 181 g/mol. The number of aromatic nitrogens is 2. The third kappa shape index (κ3) is 1.37. The van der Waals surface area contributed by atoms with Crippen LogP contribution >= 0.6 is 0 Å². The van der Waals surface area contributed by atoms with Crippen molar-refractivity contribution in [2.45, 2.75) is 6.54 Å². The van der Waals surface area contributed by atoms with Gasteiger partial charge in [0.25, 0.3) is 0 Å². The third-order valence-electron chi connectivity index (χ3n) is 2.17. The number of nitrogens with zero attached hydrogens (tertiary/aromatic N) is 2. The largest absolute Gasteiger partial charge is 0.469 e. The fraction of sp³-hybridized carbons (Fsp3) is 0.500. The minimum Gasteiger partial charge on any atom is -0.469 e. The lowest BCUT2D eigenvalue weighted by Gasteiger charge is -2.22. The average Bonchev–Trinajstić information content (AvgIpc) is 2.63. The van der Waals surface area contributed by atoms with Gasteiger partial charge in [0.2, 0.25) is 5.95 Å². The van der Waals surface area contributed by atoms with E-state index in [1.807, 2.05) is 10.8 Å². The Morgan fingerprint density at radius 1 is 1.85 bits per heavy atom. The Balaban J connectivity index is 2.13. The lowest BCUT2D eigenvalue weighted by molar-refractivity contribution is -0.145. The molecule has 1 atom stereocenters. The van der Waals surface area contributed by atoms with Gasteiger partial charge in [0.05, 0.1) is 13.0 Å². The molecule has 2 heterocycles. The number of carbonyl (C=O) groups is 1. The first-order chi connectivity index (χ1) is 6.31. The van der Waals surface area contributed by atoms with E-state index in [-0.39, 0.29) is 11.9 Å². The summed E-state index contributed by atoms with van der Waals surface area (Å²) in [5, 5.41) is 3.06. The quantitative estimate of drug-likeness (QED) is 0.624. The summed E-state index contributed by atoms with van der Waals surface area (Å²) in [5.74, 6) is 0.540. The van der Waals surface area contributed by atoms with Crippen LogP contribution in [0.25, 0.3) is 0 Å². The first-order valence-corrected chi connectivity index (χ1v) is 4.14. The topological polar surface area (TPSA) is 56.1 Å². The molecule has 1 N–H and O–H groups in total. The SMILES string of the molecule is COC(=O)C1CNc2nccn2C1. The van der Waals surface area contributed by atoms with Crippen LogP contribution in [0.5, 0.6) is 0 Å². The maximum atomic E-state index is 11.2. The Morgan fingerprint density at radius 2 is 2.69 bits per heavy atom. The molecule has 2 rings (SSSR count). The van der Waals surface area contributed by atoms with Gasteiger partial charge >= 0.3 is 5.97 Å². The van der Waals surface area contributed by atoms with Crippen molar-refractivity contribution in [3.05, 3.63) is 12.4 Å². The second kappa shape index (κ2) is 3.08. The van der Waals surface area contributed by atoms with Gasteiger partial charge in [0.15, 0.2) is 0 Å². The molecule has 0 aromatic carbocycles. The van der Waals surface area contributed by atoms with Crippen molar-refractivity contribution < 1.29 is 9.53 Å². The predicted octanol–water partition coefficient (Wildman–Crippen LogP) is 0.0978. The Bertz CT molecular complexity index is 321. The molecular weight excluding hydrogens is 170 g/mol. The van der Waals surface area contributed by atoms with Gasteiger partial charge in [-0.05, 0) is 0 Å². The second-order valence-electron chi connectivity index (χ2n) is 3.00. The number of nitrogens with one attached hydrogen (secondary N) is 1. The number of fused-ring (bicyclic) bond motifs is 1. The molecule has 0 saturated heterocycles. The maximum Gasteiger partial charge on any atom is 0.312 e. The smallest absolute Gasteiger partial charge is 0.312 e. The number of anilines is 1. The van der Waals surface area contributed by atoms with Crippen molar-refractivity contribution >= 4 is 11.9 Å². The molecule has 0 saturated carbocycles. The normalized spacial score (nSPS) is 20.2. The van der Waals surface area contributed by atoms with E-state index < -0.39 is 0 Å². The highest BCUT2D eigenvalue weighted by Gasteiger charge is 2.24. The summed E-state index contributed by atoms with van der Waals surface area (Å²) in [6.07, 6.45) is 3.55. The summed E-state index contributed by atoms with van der Waals surface area (Å²) in [6.45, 7) is 1.25. The number of methoxy groups -OCH3 is 1. The van der Waals surface area contributed by atoms with Gasteiger partial charge in [0.1, 0.15) is 0 Å². The molecule has 0 spiro atoms. The molecule has 1 aliphatic rings. The van der Waals surface area contributed by atoms with Crippen LogP contribution in [-0.4, -0.2) is 29.2 Å². The van der Waals surface area contributed by atoms with E-state index in [1.165, 1.54) is 7.11 Å². The lowest BCUT2D eigenvalue weighted by atomic mass is 10.1. The Morgan fingerprint density at radius 3 is 3.46 bits per heavy atom. The molecule has 0 fully saturated rings. The van der Waals surface area contributed by atoms with Gasteiger partial charge in [-0.15, -0.1) is 0 Å². The molecule has 0 bridgehead atoms. The van der Waals surface area contributed by atoms with Gasteiger partial charge < -0.3 is 14.6 Å². The van der Waals surface area contributed by atoms with Gasteiger partial charge in [0, 0.05) is 25.5 Å². The maximum absolute atomic E-state index is 11.2. The Labute approximate surface area is 75.7 Å². The summed E-state index contributed by atoms with van der Waals surface area (Å²) in [7, 11) is 1.41. The fourth-order valence-corrected chi connectivity index (χ4v) is 1.46. The zero-order chi connectivity index (χ0) is 9.26. The number of ether oxygens (including phenoxy) is 1. The van der Waals surface area contributed by atoms with Gasteiger partial charge in [-0.2, -0.15) is 0 Å². The molecule has 0 amide bonds. The summed E-state index contributed by atoms with van der Waals surface area (Å²) >= 11 is 0. The molecule has 0 radical (unpaired) electrons. The summed E-state index contributed by atoms with van der Waals surface area (Å²) in [6, 6.07) is 0. The number of esters is 1. The van der Waals surface area contributed by atoms with Crippen LogP contribution in [0.1, 0.15) is 0 Å². The molecule has 13 heavy (non-hydrogen) atoms. The molecule has 5 heteroatoms. The standard InChI is InChI=1S/C8H11N3O2/c1-13-7(12)6-4-10-8-9-2-3-11(8)5-6/h2-3,6H,4-5H2,1H3,(H,9,10). The second-order valence-corrected chi connectivity index (χ2v) is 3.00. The van der Waals surface area contributed by atoms with Crippen LogP contribution in [0.4, 0.5) is 5.95 Å². The summed E-state index contributed by atoms with van der Waals surface area (Å²) < 4.78 is 6.58. The van der Waals surface area contributed by atoms with Crippen LogP contribution in [0.3, 0.4) is 0 Å². The van der Waals surface area contributed by atoms with E-state index in [0.29, 0.717) is 13.1 Å². The van der Waals surface area contributed by atoms with Crippen LogP contribution in [0, 0.1) is 5.92 Å². The van der Waals surface area contributed by atoms with Crippen LogP contribution in [0.15, 0.2) is 12.4 Å². The fourth-order valence-electron chi connectivity index (χ4n) is 1.46. The number of carbonyl (C=O) groups excluding carboxylic acids is 1. The van der Waals surface area contributed by atoms with Gasteiger partial charge in [-0.3, -0.25) is 4.79 Å². The molecule has 5 nitrogen and oxygen atoms in total. The zero-order valence-electron chi connectivity index (χ0n) is 7.36. The van der Waals surface area contributed by atoms with E-state index >= 15 is 0 Å². The molecule has 70 valence electrons. The minimum absolute atomic E-state index is 0.105. The molecule has 0 aliphatic carbocycles. The third-order valence-corrected chi connectivity index (χ3v) is 2.17. The van der Waals surface area contributed by atoms with Crippen molar-refractivity contribution in [1.82, 2.24) is 9.55 Å². The van der Waals surface area contributed by atoms with Crippen molar-refractivity contribution in [2.75, 3.05) is 19.0 Å². The van der Waals surface area contributed by atoms with Gasteiger partial charge in [-0.25, -0.2) is 4.98 Å². The number of imidazole rings is 1. The van der Waals surface area contributed by atoms with Crippen molar-refractivity contribution in [2.24, 2.45) is 5.92 Å². The highest BCUT2D eigenvalue weighted by atomic mass is 16.5. The monoisotopic (exact) mass is 181 g/mol. The predicted molar refractivity (Wildman–Crippen MR) is 46.2 cm³/mol. The first-order valence-electron chi connectivity index (χ1n) is 4.14. The first kappa shape index (κ1) is 8.10. The van der Waals surface area contributed by atoms with E-state index in [2.05, 4.69) is 15.0 Å². The summed E-state index contributed by atoms with van der Waals surface area (Å²) in [5.41, 5.74) is 0. The molecule has 1 aliphatic heterocycles. The van der Waals surface area contributed by atoms with Gasteiger partial charge in [-0.1, -0.05) is 0 Å². The number of hydrogen-bond donors (Lipinski definition) is 1. The van der Waals surface area contributed by atoms with E-state index in [4.69, 9.17) is 0 Å². The molecule has 1 aromatic heterocycles. The number of hydrogen-bond acceptors (Lipinski definition) is 4. The van der Waals surface area contributed by atoms with Crippen LogP contribution in [0.2, 0.25) is 0 Å². The van der Waals surface area contributed by atoms with E-state index in [9.17, 15) is 4.79 Å². The lowest BCUT2D eigenvalue weighted by Crippen LogP contribution is -2.33. The van der Waals surface area contributed by atoms with Crippen molar-refractivity contribution in [3.63, 3.8) is 0 Å². The molecule has 1 aromatic rings. The molecule has 1 unspecified atom stereocenters. The zero-order valence-corrected chi connectivity index (χ0v) is 7.36. The van der Waals surface area contributed by atoms with Crippen LogP contribution in [-0.2, 0) is 16.1 Å². The number of rotatable bonds is 1. The molecular formula is C8H11N3O2. The van der Waals surface area contributed by atoms with E-state index in [1.54, 1.807) is 6.20 Å². The highest BCUT2D eigenvalue weighted by Crippen LogP contribution is 2.15. The van der Waals surface area contributed by atoms with Crippen molar-refractivity contribution in [1.29, 1.82) is 0 Å². The van der Waals surface area contributed by atoms with Crippen molar-refractivity contribution in [3.8, 4) is 0 Å². The Hall–Kier alpha value is -1.52. The Kier molecular flexibility index (Phi) is 1.92. The summed E-state index contributed by atoms with van der Waals surface area (Å²) in [4.78, 5) is 15.3.